The third-order valence-electron chi connectivity index (χ3n) is 2.69. The minimum atomic E-state index is 0. The molecule has 0 aromatic heterocycles. The summed E-state index contributed by atoms with van der Waals surface area (Å²) in [6, 6.07) is 8.75. The van der Waals surface area contributed by atoms with Crippen molar-refractivity contribution in [2.75, 3.05) is 0 Å². The SMILES string of the molecule is CCCC[B]c1ccccc1C(C)(C)C.O.O. The highest BCUT2D eigenvalue weighted by molar-refractivity contribution is 6.54. The molecule has 1 radical (unpaired) electrons. The van der Waals surface area contributed by atoms with Gasteiger partial charge in [0, 0.05) is 0 Å². The summed E-state index contributed by atoms with van der Waals surface area (Å²) in [5, 5.41) is 0. The van der Waals surface area contributed by atoms with Crippen LogP contribution in [-0.4, -0.2) is 18.2 Å². The van der Waals surface area contributed by atoms with Crippen molar-refractivity contribution in [2.24, 2.45) is 0 Å². The van der Waals surface area contributed by atoms with Crippen LogP contribution >= 0.6 is 0 Å². The Hall–Kier alpha value is -0.795. The Balaban J connectivity index is 0. The molecule has 0 amide bonds. The molecule has 2 nitrogen and oxygen atoms in total. The Morgan fingerprint density at radius 1 is 1.06 bits per heavy atom. The van der Waals surface area contributed by atoms with Crippen LogP contribution in [0.3, 0.4) is 0 Å². The van der Waals surface area contributed by atoms with Crippen LogP contribution in [0.1, 0.15) is 46.1 Å². The van der Waals surface area contributed by atoms with Crippen LogP contribution in [0.4, 0.5) is 0 Å². The third kappa shape index (κ3) is 5.90. The first-order chi connectivity index (χ1) is 7.05. The van der Waals surface area contributed by atoms with Gasteiger partial charge in [-0.3, -0.25) is 0 Å². The van der Waals surface area contributed by atoms with E-state index < -0.39 is 0 Å². The lowest BCUT2D eigenvalue weighted by Gasteiger charge is -2.22. The lowest BCUT2D eigenvalue weighted by molar-refractivity contribution is 0.594. The molecule has 0 saturated heterocycles. The molecule has 0 aliphatic carbocycles. The fraction of sp³-hybridized carbons (Fsp3) is 0.571. The molecule has 17 heavy (non-hydrogen) atoms. The molecule has 0 fully saturated rings. The van der Waals surface area contributed by atoms with Gasteiger partial charge in [0.05, 0.1) is 0 Å². The molecular formula is C14H26BO2. The standard InChI is InChI=1S/C14H22B.2H2O/c1-5-6-11-15-13-10-8-7-9-12(13)14(2,3)4;;/h7-10H,5-6,11H2,1-4H3;2*1H2. The second kappa shape index (κ2) is 8.32. The maximum Gasteiger partial charge on any atom is 0.152 e. The second-order valence-electron chi connectivity index (χ2n) is 5.18. The van der Waals surface area contributed by atoms with E-state index in [2.05, 4.69) is 59.2 Å². The highest BCUT2D eigenvalue weighted by Gasteiger charge is 2.16. The van der Waals surface area contributed by atoms with Crippen molar-refractivity contribution in [3.05, 3.63) is 29.8 Å². The Morgan fingerprint density at radius 2 is 1.65 bits per heavy atom. The average Bonchev–Trinajstić information content (AvgIpc) is 2.17. The van der Waals surface area contributed by atoms with Crippen LogP contribution < -0.4 is 5.46 Å². The molecule has 1 rings (SSSR count). The first-order valence-electron chi connectivity index (χ1n) is 5.98. The average molecular weight is 237 g/mol. The van der Waals surface area contributed by atoms with Gasteiger partial charge in [-0.1, -0.05) is 76.6 Å². The summed E-state index contributed by atoms with van der Waals surface area (Å²) in [7, 11) is 2.38. The van der Waals surface area contributed by atoms with E-state index in [1.165, 1.54) is 30.2 Å². The van der Waals surface area contributed by atoms with Crippen molar-refractivity contribution >= 4 is 12.7 Å². The van der Waals surface area contributed by atoms with E-state index in [0.717, 1.165) is 0 Å². The molecule has 0 spiro atoms. The Kier molecular flexibility index (Phi) is 9.09. The summed E-state index contributed by atoms with van der Waals surface area (Å²) in [5.74, 6) is 0. The quantitative estimate of drug-likeness (QED) is 0.567. The Labute approximate surface area is 106 Å². The van der Waals surface area contributed by atoms with Crippen molar-refractivity contribution in [3.8, 4) is 0 Å². The molecule has 0 heterocycles. The molecule has 4 N–H and O–H groups in total. The maximum absolute atomic E-state index is 2.38. The Morgan fingerprint density at radius 3 is 2.18 bits per heavy atom. The number of benzene rings is 1. The molecule has 0 atom stereocenters. The lowest BCUT2D eigenvalue weighted by atomic mass is 9.61. The summed E-state index contributed by atoms with van der Waals surface area (Å²) >= 11 is 0. The van der Waals surface area contributed by atoms with E-state index in [1.54, 1.807) is 0 Å². The van der Waals surface area contributed by atoms with Crippen LogP contribution in [0.25, 0.3) is 0 Å². The fourth-order valence-electron chi connectivity index (χ4n) is 1.82. The second-order valence-corrected chi connectivity index (χ2v) is 5.18. The van der Waals surface area contributed by atoms with Crippen molar-refractivity contribution in [1.29, 1.82) is 0 Å². The maximum atomic E-state index is 2.38. The summed E-state index contributed by atoms with van der Waals surface area (Å²) in [6.07, 6.45) is 3.76. The van der Waals surface area contributed by atoms with Crippen LogP contribution in [0.15, 0.2) is 24.3 Å². The zero-order chi connectivity index (χ0) is 11.3. The van der Waals surface area contributed by atoms with Gasteiger partial charge in [0.25, 0.3) is 0 Å². The zero-order valence-electron chi connectivity index (χ0n) is 11.5. The van der Waals surface area contributed by atoms with Gasteiger partial charge in [0.2, 0.25) is 0 Å². The van der Waals surface area contributed by atoms with E-state index in [4.69, 9.17) is 0 Å². The van der Waals surface area contributed by atoms with Gasteiger partial charge in [-0.2, -0.15) is 0 Å². The van der Waals surface area contributed by atoms with Crippen molar-refractivity contribution < 1.29 is 11.0 Å². The van der Waals surface area contributed by atoms with Crippen molar-refractivity contribution in [1.82, 2.24) is 0 Å². The van der Waals surface area contributed by atoms with Gasteiger partial charge in [-0.15, -0.1) is 0 Å². The zero-order valence-corrected chi connectivity index (χ0v) is 11.5. The fourth-order valence-corrected chi connectivity index (χ4v) is 1.82. The van der Waals surface area contributed by atoms with Crippen molar-refractivity contribution in [2.45, 2.75) is 52.3 Å². The molecule has 97 valence electrons. The predicted molar refractivity (Wildman–Crippen MR) is 77.5 cm³/mol. The summed E-state index contributed by atoms with van der Waals surface area (Å²) in [4.78, 5) is 0. The minimum absolute atomic E-state index is 0. The van der Waals surface area contributed by atoms with Crippen LogP contribution in [0.5, 0.6) is 0 Å². The summed E-state index contributed by atoms with van der Waals surface area (Å²) < 4.78 is 0. The molecular weight excluding hydrogens is 211 g/mol. The van der Waals surface area contributed by atoms with Gasteiger partial charge in [0.15, 0.2) is 7.28 Å². The normalized spacial score (nSPS) is 10.1. The number of hydrogen-bond donors (Lipinski definition) is 0. The highest BCUT2D eigenvalue weighted by atomic mass is 16.0. The summed E-state index contributed by atoms with van der Waals surface area (Å²) in [5.41, 5.74) is 3.12. The van der Waals surface area contributed by atoms with E-state index in [0.29, 0.717) is 0 Å². The van der Waals surface area contributed by atoms with E-state index in [1.807, 2.05) is 0 Å². The minimum Gasteiger partial charge on any atom is -0.412 e. The summed E-state index contributed by atoms with van der Waals surface area (Å²) in [6.45, 7) is 9.07. The van der Waals surface area contributed by atoms with Crippen LogP contribution in [0.2, 0.25) is 6.32 Å². The molecule has 0 bridgehead atoms. The van der Waals surface area contributed by atoms with Gasteiger partial charge in [-0.05, 0) is 11.0 Å². The molecule has 1 aromatic carbocycles. The Bertz CT molecular complexity index is 305. The first kappa shape index (κ1) is 18.6. The smallest absolute Gasteiger partial charge is 0.152 e. The number of rotatable bonds is 4. The van der Waals surface area contributed by atoms with E-state index >= 15 is 0 Å². The first-order valence-corrected chi connectivity index (χ1v) is 5.98. The van der Waals surface area contributed by atoms with Gasteiger partial charge in [-0.25, -0.2) is 0 Å². The monoisotopic (exact) mass is 237 g/mol. The number of unbranched alkanes of at least 4 members (excludes halogenated alkanes) is 1. The van der Waals surface area contributed by atoms with Crippen molar-refractivity contribution in [3.63, 3.8) is 0 Å². The topological polar surface area (TPSA) is 63.0 Å². The molecule has 3 heteroatoms. The van der Waals surface area contributed by atoms with Crippen LogP contribution in [-0.2, 0) is 5.41 Å². The molecule has 0 unspecified atom stereocenters. The van der Waals surface area contributed by atoms with E-state index in [-0.39, 0.29) is 16.4 Å². The van der Waals surface area contributed by atoms with E-state index in [9.17, 15) is 0 Å². The molecule has 1 aromatic rings. The van der Waals surface area contributed by atoms with Crippen LogP contribution in [0, 0.1) is 0 Å². The molecule has 0 aliphatic rings. The van der Waals surface area contributed by atoms with Gasteiger partial charge < -0.3 is 11.0 Å². The molecule has 0 saturated carbocycles. The lowest BCUT2D eigenvalue weighted by Crippen LogP contribution is -2.27. The third-order valence-corrected chi connectivity index (χ3v) is 2.69. The predicted octanol–water partition coefficient (Wildman–Crippen LogP) is 1.88. The van der Waals surface area contributed by atoms with Gasteiger partial charge >= 0.3 is 0 Å². The largest absolute Gasteiger partial charge is 0.412 e. The highest BCUT2D eigenvalue weighted by Crippen LogP contribution is 2.19. The number of hydrogen-bond acceptors (Lipinski definition) is 0. The molecule has 0 aliphatic heterocycles. The van der Waals surface area contributed by atoms with Gasteiger partial charge in [0.1, 0.15) is 0 Å².